The quantitative estimate of drug-likeness (QED) is 0.711. The molecule has 0 aromatic heterocycles. The van der Waals surface area contributed by atoms with Gasteiger partial charge < -0.3 is 10.8 Å². The van der Waals surface area contributed by atoms with Gasteiger partial charge in [0.05, 0.1) is 0 Å². The Morgan fingerprint density at radius 3 is 2.33 bits per heavy atom. The van der Waals surface area contributed by atoms with Crippen molar-refractivity contribution in [2.75, 3.05) is 0 Å². The van der Waals surface area contributed by atoms with Gasteiger partial charge in [-0.3, -0.25) is 4.79 Å². The van der Waals surface area contributed by atoms with Crippen LogP contribution in [0.2, 0.25) is 0 Å². The van der Waals surface area contributed by atoms with E-state index in [4.69, 9.17) is 10.8 Å². The van der Waals surface area contributed by atoms with Crippen molar-refractivity contribution in [3.8, 4) is 0 Å². The van der Waals surface area contributed by atoms with Gasteiger partial charge in [0.2, 0.25) is 5.91 Å². The molecule has 0 spiro atoms. The number of hydrogen-bond acceptors (Lipinski definition) is 2. The van der Waals surface area contributed by atoms with Crippen LogP contribution in [0.1, 0.15) is 5.56 Å². The molecular formula is C11H11NO3. The van der Waals surface area contributed by atoms with Crippen molar-refractivity contribution in [3.05, 3.63) is 47.5 Å². The Hall–Kier alpha value is -2.10. The summed E-state index contributed by atoms with van der Waals surface area (Å²) in [5, 5.41) is 8.53. The third-order valence-corrected chi connectivity index (χ3v) is 1.85. The van der Waals surface area contributed by atoms with Crippen molar-refractivity contribution in [3.63, 3.8) is 0 Å². The second-order valence-corrected chi connectivity index (χ2v) is 3.03. The molecule has 0 aliphatic carbocycles. The van der Waals surface area contributed by atoms with Crippen molar-refractivity contribution in [1.29, 1.82) is 0 Å². The third kappa shape index (κ3) is 3.64. The second-order valence-electron chi connectivity index (χ2n) is 3.03. The van der Waals surface area contributed by atoms with E-state index in [0.29, 0.717) is 0 Å². The Balaban J connectivity index is 2.86. The lowest BCUT2D eigenvalue weighted by molar-refractivity contribution is -0.131. The van der Waals surface area contributed by atoms with Gasteiger partial charge in [0.15, 0.2) is 0 Å². The molecule has 3 N–H and O–H groups in total. The number of amides is 1. The highest BCUT2D eigenvalue weighted by molar-refractivity contribution is 5.98. The van der Waals surface area contributed by atoms with Crippen LogP contribution in [0, 0.1) is 0 Å². The van der Waals surface area contributed by atoms with Gasteiger partial charge in [0, 0.05) is 18.1 Å². The Bertz CT molecular complexity index is 396. The molecule has 0 atom stereocenters. The van der Waals surface area contributed by atoms with Gasteiger partial charge in [-0.05, 0) is 5.56 Å². The summed E-state index contributed by atoms with van der Waals surface area (Å²) in [6, 6.07) is 9.08. The van der Waals surface area contributed by atoms with E-state index in [0.717, 1.165) is 11.6 Å². The smallest absolute Gasteiger partial charge is 0.328 e. The Morgan fingerprint density at radius 2 is 1.87 bits per heavy atom. The SMILES string of the molecule is NC(=O)C(=CC(=O)O)Cc1ccccc1. The van der Waals surface area contributed by atoms with Gasteiger partial charge in [-0.1, -0.05) is 30.3 Å². The van der Waals surface area contributed by atoms with Gasteiger partial charge in [0.1, 0.15) is 0 Å². The van der Waals surface area contributed by atoms with Gasteiger partial charge in [0.25, 0.3) is 0 Å². The first-order valence-corrected chi connectivity index (χ1v) is 4.37. The monoisotopic (exact) mass is 205 g/mol. The Morgan fingerprint density at radius 1 is 1.27 bits per heavy atom. The summed E-state index contributed by atoms with van der Waals surface area (Å²) in [6.07, 6.45) is 1.08. The molecule has 1 aromatic carbocycles. The average molecular weight is 205 g/mol. The fourth-order valence-electron chi connectivity index (χ4n) is 1.17. The number of nitrogens with two attached hydrogens (primary N) is 1. The largest absolute Gasteiger partial charge is 0.478 e. The van der Waals surface area contributed by atoms with Crippen LogP contribution in [-0.2, 0) is 16.0 Å². The van der Waals surface area contributed by atoms with Crippen LogP contribution in [0.3, 0.4) is 0 Å². The maximum Gasteiger partial charge on any atom is 0.328 e. The maximum atomic E-state index is 10.9. The molecule has 0 unspecified atom stereocenters. The number of benzene rings is 1. The van der Waals surface area contributed by atoms with Crippen LogP contribution in [-0.4, -0.2) is 17.0 Å². The molecule has 1 rings (SSSR count). The van der Waals surface area contributed by atoms with E-state index in [9.17, 15) is 9.59 Å². The zero-order chi connectivity index (χ0) is 11.3. The van der Waals surface area contributed by atoms with E-state index in [1.807, 2.05) is 18.2 Å². The lowest BCUT2D eigenvalue weighted by Gasteiger charge is -2.02. The molecule has 0 fully saturated rings. The number of aliphatic carboxylic acids is 1. The molecule has 1 aromatic rings. The molecule has 0 saturated carbocycles. The fourth-order valence-corrected chi connectivity index (χ4v) is 1.17. The van der Waals surface area contributed by atoms with E-state index < -0.39 is 11.9 Å². The number of carbonyl (C=O) groups is 2. The predicted octanol–water partition coefficient (Wildman–Crippen LogP) is 0.725. The maximum absolute atomic E-state index is 10.9. The van der Waals surface area contributed by atoms with E-state index in [1.165, 1.54) is 0 Å². The average Bonchev–Trinajstić information content (AvgIpc) is 2.17. The topological polar surface area (TPSA) is 80.4 Å². The first-order valence-electron chi connectivity index (χ1n) is 4.37. The summed E-state index contributed by atoms with van der Waals surface area (Å²) in [5.74, 6) is -1.87. The minimum absolute atomic E-state index is 0.0914. The van der Waals surface area contributed by atoms with E-state index in [1.54, 1.807) is 12.1 Å². The van der Waals surface area contributed by atoms with E-state index >= 15 is 0 Å². The summed E-state index contributed by atoms with van der Waals surface area (Å²) in [6.45, 7) is 0. The number of hydrogen-bond donors (Lipinski definition) is 2. The summed E-state index contributed by atoms with van der Waals surface area (Å²) < 4.78 is 0. The number of primary amides is 1. The highest BCUT2D eigenvalue weighted by Crippen LogP contribution is 2.07. The van der Waals surface area contributed by atoms with Crippen LogP contribution in [0.5, 0.6) is 0 Å². The summed E-state index contributed by atoms with van der Waals surface area (Å²) >= 11 is 0. The summed E-state index contributed by atoms with van der Waals surface area (Å²) in [7, 11) is 0. The van der Waals surface area contributed by atoms with Crippen LogP contribution in [0.25, 0.3) is 0 Å². The van der Waals surface area contributed by atoms with E-state index in [2.05, 4.69) is 0 Å². The first kappa shape index (κ1) is 11.0. The minimum atomic E-state index is -1.17. The highest BCUT2D eigenvalue weighted by atomic mass is 16.4. The van der Waals surface area contributed by atoms with Gasteiger partial charge in [-0.25, -0.2) is 4.79 Å². The molecule has 0 aliphatic heterocycles. The zero-order valence-corrected chi connectivity index (χ0v) is 8.01. The molecule has 0 heterocycles. The first-order chi connectivity index (χ1) is 7.09. The van der Waals surface area contributed by atoms with Crippen molar-refractivity contribution in [2.24, 2.45) is 5.73 Å². The third-order valence-electron chi connectivity index (χ3n) is 1.85. The van der Waals surface area contributed by atoms with Gasteiger partial charge in [-0.15, -0.1) is 0 Å². The number of rotatable bonds is 4. The molecule has 4 heteroatoms. The standard InChI is InChI=1S/C11H11NO3/c12-11(15)9(7-10(13)14)6-8-4-2-1-3-5-8/h1-5,7H,6H2,(H2,12,15)(H,13,14). The van der Waals surface area contributed by atoms with Crippen LogP contribution in [0.15, 0.2) is 42.0 Å². The summed E-state index contributed by atoms with van der Waals surface area (Å²) in [4.78, 5) is 21.4. The molecule has 0 radical (unpaired) electrons. The van der Waals surface area contributed by atoms with Crippen LogP contribution in [0.4, 0.5) is 0 Å². The van der Waals surface area contributed by atoms with E-state index in [-0.39, 0.29) is 12.0 Å². The number of carbonyl (C=O) groups excluding carboxylic acids is 1. The molecule has 4 nitrogen and oxygen atoms in total. The summed E-state index contributed by atoms with van der Waals surface area (Å²) in [5.41, 5.74) is 6.00. The van der Waals surface area contributed by atoms with Gasteiger partial charge >= 0.3 is 5.97 Å². The predicted molar refractivity (Wildman–Crippen MR) is 55.1 cm³/mol. The van der Waals surface area contributed by atoms with Crippen molar-refractivity contribution >= 4 is 11.9 Å². The molecule has 15 heavy (non-hydrogen) atoms. The van der Waals surface area contributed by atoms with Crippen molar-refractivity contribution in [1.82, 2.24) is 0 Å². The van der Waals surface area contributed by atoms with Crippen molar-refractivity contribution < 1.29 is 14.7 Å². The number of carboxylic acids is 1. The molecule has 1 amide bonds. The van der Waals surface area contributed by atoms with Crippen molar-refractivity contribution in [2.45, 2.75) is 6.42 Å². The molecule has 0 aliphatic rings. The molecule has 0 bridgehead atoms. The van der Waals surface area contributed by atoms with Crippen LogP contribution >= 0.6 is 0 Å². The molecule has 0 saturated heterocycles. The fraction of sp³-hybridized carbons (Fsp3) is 0.0909. The Kier molecular flexibility index (Phi) is 3.62. The Labute approximate surface area is 87.0 Å². The normalized spacial score (nSPS) is 11.1. The highest BCUT2D eigenvalue weighted by Gasteiger charge is 2.07. The number of carboxylic acid groups (broad SMARTS) is 1. The second kappa shape index (κ2) is 4.95. The lowest BCUT2D eigenvalue weighted by Crippen LogP contribution is -2.17. The molecule has 78 valence electrons. The lowest BCUT2D eigenvalue weighted by atomic mass is 10.0. The van der Waals surface area contributed by atoms with Crippen LogP contribution < -0.4 is 5.73 Å². The van der Waals surface area contributed by atoms with Gasteiger partial charge in [-0.2, -0.15) is 0 Å². The minimum Gasteiger partial charge on any atom is -0.478 e. The zero-order valence-electron chi connectivity index (χ0n) is 8.01. The molecular weight excluding hydrogens is 194 g/mol.